The molecule has 0 aliphatic carbocycles. The highest BCUT2D eigenvalue weighted by Crippen LogP contribution is 2.29. The molecule has 0 aliphatic rings. The van der Waals surface area contributed by atoms with Crippen LogP contribution in [0.4, 0.5) is 5.69 Å². The molecular formula is C19H15Cl2N3O4S. The van der Waals surface area contributed by atoms with Crippen molar-refractivity contribution in [2.75, 3.05) is 11.8 Å². The van der Waals surface area contributed by atoms with Crippen molar-refractivity contribution in [3.05, 3.63) is 76.5 Å². The maximum absolute atomic E-state index is 12.7. The molecule has 1 amide bonds. The first-order valence-corrected chi connectivity index (χ1v) is 10.5. The van der Waals surface area contributed by atoms with Gasteiger partial charge in [-0.1, -0.05) is 35.3 Å². The summed E-state index contributed by atoms with van der Waals surface area (Å²) in [5.74, 6) is 0.287. The van der Waals surface area contributed by atoms with Crippen molar-refractivity contribution in [3.63, 3.8) is 0 Å². The molecule has 0 unspecified atom stereocenters. The predicted octanol–water partition coefficient (Wildman–Crippen LogP) is 4.34. The summed E-state index contributed by atoms with van der Waals surface area (Å²) in [4.78, 5) is 15.8. The van der Waals surface area contributed by atoms with Crippen LogP contribution in [-0.2, 0) is 10.0 Å². The van der Waals surface area contributed by atoms with Gasteiger partial charge < -0.3 is 10.1 Å². The molecule has 3 aromatic rings. The van der Waals surface area contributed by atoms with Crippen molar-refractivity contribution >= 4 is 44.8 Å². The maximum Gasteiger partial charge on any atom is 0.271 e. The largest absolute Gasteiger partial charge is 0.456 e. The average Bonchev–Trinajstić information content (AvgIpc) is 2.71. The predicted molar refractivity (Wildman–Crippen MR) is 111 cm³/mol. The number of carbonyl (C=O) groups is 1. The molecule has 0 radical (unpaired) electrons. The molecule has 2 N–H and O–H groups in total. The van der Waals surface area contributed by atoms with Gasteiger partial charge in [0.15, 0.2) is 5.69 Å². The summed E-state index contributed by atoms with van der Waals surface area (Å²) in [5.41, 5.74) is -0.132. The number of pyridine rings is 1. The van der Waals surface area contributed by atoms with E-state index in [0.717, 1.165) is 0 Å². The summed E-state index contributed by atoms with van der Waals surface area (Å²) in [6.45, 7) is 0. The molecule has 3 rings (SSSR count). The number of halogens is 2. The van der Waals surface area contributed by atoms with Crippen LogP contribution in [0, 0.1) is 0 Å². The SMILES string of the molecule is CNC(=O)c1nc(Cl)ccc1NS(=O)(=O)c1ccc(Oc2ccccc2Cl)cc1. The summed E-state index contributed by atoms with van der Waals surface area (Å²) in [5, 5.41) is 2.88. The number of sulfonamides is 1. The number of benzene rings is 2. The molecule has 0 fully saturated rings. The lowest BCUT2D eigenvalue weighted by atomic mass is 10.3. The van der Waals surface area contributed by atoms with Gasteiger partial charge in [-0.05, 0) is 48.5 Å². The van der Waals surface area contributed by atoms with Crippen LogP contribution in [0.1, 0.15) is 10.5 Å². The number of para-hydroxylation sites is 1. The Morgan fingerprint density at radius 2 is 1.69 bits per heavy atom. The zero-order valence-corrected chi connectivity index (χ0v) is 17.3. The summed E-state index contributed by atoms with van der Waals surface area (Å²) in [6.07, 6.45) is 0. The zero-order chi connectivity index (χ0) is 21.0. The first kappa shape index (κ1) is 20.9. The first-order valence-electron chi connectivity index (χ1n) is 8.24. The molecule has 0 bridgehead atoms. The molecule has 0 aliphatic heterocycles. The van der Waals surface area contributed by atoms with Gasteiger partial charge >= 0.3 is 0 Å². The van der Waals surface area contributed by atoms with Gasteiger partial charge in [0.25, 0.3) is 15.9 Å². The van der Waals surface area contributed by atoms with Crippen molar-refractivity contribution in [3.8, 4) is 11.5 Å². The van der Waals surface area contributed by atoms with Crippen LogP contribution >= 0.6 is 23.2 Å². The van der Waals surface area contributed by atoms with Gasteiger partial charge in [0.1, 0.15) is 16.7 Å². The Morgan fingerprint density at radius 3 is 2.34 bits per heavy atom. The van der Waals surface area contributed by atoms with Gasteiger partial charge in [0.05, 0.1) is 15.6 Å². The van der Waals surface area contributed by atoms with E-state index in [9.17, 15) is 13.2 Å². The second kappa shape index (κ2) is 8.69. The third-order valence-electron chi connectivity index (χ3n) is 3.75. The highest BCUT2D eigenvalue weighted by Gasteiger charge is 2.20. The van der Waals surface area contributed by atoms with E-state index in [1.165, 1.54) is 43.4 Å². The minimum atomic E-state index is -3.98. The molecule has 150 valence electrons. The zero-order valence-electron chi connectivity index (χ0n) is 15.0. The van der Waals surface area contributed by atoms with Crippen LogP contribution in [0.15, 0.2) is 65.6 Å². The minimum Gasteiger partial charge on any atom is -0.456 e. The fraction of sp³-hybridized carbons (Fsp3) is 0.0526. The van der Waals surface area contributed by atoms with E-state index in [1.54, 1.807) is 24.3 Å². The smallest absolute Gasteiger partial charge is 0.271 e. The van der Waals surface area contributed by atoms with E-state index in [4.69, 9.17) is 27.9 Å². The van der Waals surface area contributed by atoms with Crippen LogP contribution in [0.2, 0.25) is 10.2 Å². The number of hydrogen-bond acceptors (Lipinski definition) is 5. The second-order valence-electron chi connectivity index (χ2n) is 5.72. The third-order valence-corrected chi connectivity index (χ3v) is 5.65. The van der Waals surface area contributed by atoms with Crippen LogP contribution < -0.4 is 14.8 Å². The number of rotatable bonds is 6. The van der Waals surface area contributed by atoms with Gasteiger partial charge in [-0.2, -0.15) is 0 Å². The normalized spacial score (nSPS) is 11.0. The van der Waals surface area contributed by atoms with E-state index >= 15 is 0 Å². The summed E-state index contributed by atoms with van der Waals surface area (Å²) in [7, 11) is -2.58. The second-order valence-corrected chi connectivity index (χ2v) is 8.20. The lowest BCUT2D eigenvalue weighted by molar-refractivity contribution is 0.0959. The first-order chi connectivity index (χ1) is 13.8. The molecule has 7 nitrogen and oxygen atoms in total. The Hall–Kier alpha value is -2.81. The number of nitrogens with one attached hydrogen (secondary N) is 2. The highest BCUT2D eigenvalue weighted by atomic mass is 35.5. The monoisotopic (exact) mass is 451 g/mol. The number of amides is 1. The molecule has 0 saturated heterocycles. The molecule has 1 heterocycles. The molecule has 0 atom stereocenters. The summed E-state index contributed by atoms with van der Waals surface area (Å²) in [6, 6.07) is 15.4. The fourth-order valence-electron chi connectivity index (χ4n) is 2.35. The van der Waals surface area contributed by atoms with Crippen LogP contribution in [-0.4, -0.2) is 26.4 Å². The van der Waals surface area contributed by atoms with Crippen LogP contribution in [0.5, 0.6) is 11.5 Å². The van der Waals surface area contributed by atoms with Crippen molar-refractivity contribution in [1.29, 1.82) is 0 Å². The van der Waals surface area contributed by atoms with Crippen LogP contribution in [0.3, 0.4) is 0 Å². The standard InChI is InChI=1S/C19H15Cl2N3O4S/c1-22-19(25)18-15(10-11-17(21)23-18)24-29(26,27)13-8-6-12(7-9-13)28-16-5-3-2-4-14(16)20/h2-11,24H,1H3,(H,22,25). The quantitative estimate of drug-likeness (QED) is 0.543. The Kier molecular flexibility index (Phi) is 6.26. The number of nitrogens with zero attached hydrogens (tertiary/aromatic N) is 1. The van der Waals surface area contributed by atoms with Gasteiger partial charge in [0.2, 0.25) is 0 Å². The lowest BCUT2D eigenvalue weighted by Gasteiger charge is -2.12. The lowest BCUT2D eigenvalue weighted by Crippen LogP contribution is -2.23. The molecular weight excluding hydrogens is 437 g/mol. The van der Waals surface area contributed by atoms with E-state index in [2.05, 4.69) is 15.0 Å². The molecule has 0 saturated carbocycles. The number of anilines is 1. The molecule has 2 aromatic carbocycles. The Bertz CT molecular complexity index is 1150. The molecule has 0 spiro atoms. The number of aromatic nitrogens is 1. The van der Waals surface area contributed by atoms with E-state index < -0.39 is 15.9 Å². The topological polar surface area (TPSA) is 97.4 Å². The van der Waals surface area contributed by atoms with Crippen molar-refractivity contribution in [1.82, 2.24) is 10.3 Å². The molecule has 1 aromatic heterocycles. The maximum atomic E-state index is 12.7. The van der Waals surface area contributed by atoms with Gasteiger partial charge in [-0.3, -0.25) is 9.52 Å². The number of carbonyl (C=O) groups excluding carboxylic acids is 1. The summed E-state index contributed by atoms with van der Waals surface area (Å²) >= 11 is 11.9. The number of hydrogen-bond donors (Lipinski definition) is 2. The Labute approximate surface area is 177 Å². The van der Waals surface area contributed by atoms with Gasteiger partial charge in [0, 0.05) is 7.05 Å². The Balaban J connectivity index is 1.84. The highest BCUT2D eigenvalue weighted by molar-refractivity contribution is 7.92. The van der Waals surface area contributed by atoms with Crippen molar-refractivity contribution in [2.24, 2.45) is 0 Å². The van der Waals surface area contributed by atoms with E-state index in [0.29, 0.717) is 16.5 Å². The fourth-order valence-corrected chi connectivity index (χ4v) is 3.74. The van der Waals surface area contributed by atoms with E-state index in [1.807, 2.05) is 0 Å². The van der Waals surface area contributed by atoms with Crippen LogP contribution in [0.25, 0.3) is 0 Å². The Morgan fingerprint density at radius 1 is 1.00 bits per heavy atom. The van der Waals surface area contributed by atoms with Gasteiger partial charge in [-0.25, -0.2) is 13.4 Å². The van der Waals surface area contributed by atoms with Crippen molar-refractivity contribution in [2.45, 2.75) is 4.90 Å². The van der Waals surface area contributed by atoms with E-state index in [-0.39, 0.29) is 21.4 Å². The minimum absolute atomic E-state index is 0.00476. The third kappa shape index (κ3) is 4.97. The van der Waals surface area contributed by atoms with Crippen molar-refractivity contribution < 1.29 is 17.9 Å². The summed E-state index contributed by atoms with van der Waals surface area (Å²) < 4.78 is 33.4. The van der Waals surface area contributed by atoms with Gasteiger partial charge in [-0.15, -0.1) is 0 Å². The number of ether oxygens (including phenoxy) is 1. The molecule has 10 heteroatoms. The molecule has 29 heavy (non-hydrogen) atoms. The average molecular weight is 452 g/mol.